The van der Waals surface area contributed by atoms with Gasteiger partial charge in [0.1, 0.15) is 54.4 Å². The van der Waals surface area contributed by atoms with Crippen LogP contribution in [0.4, 0.5) is 0 Å². The van der Waals surface area contributed by atoms with E-state index in [0.717, 1.165) is 6.92 Å². The monoisotopic (exact) mass is 1350 g/mol. The van der Waals surface area contributed by atoms with Gasteiger partial charge in [0.05, 0.1) is 25.0 Å². The number of fused-ring (bicyclic) bond motifs is 1. The maximum Gasteiger partial charge on any atom is 0.326 e. The van der Waals surface area contributed by atoms with E-state index in [4.69, 9.17) is 44.9 Å². The standard InChI is InChI=1S/C58H94N24O14/c1-31(74-52(92)44(26-46(85)86)75-45(84)29-71-32(2)83)47(87)81-43(25-34-28-67-30-73-34)54(94)82-42(24-33-27-72-36-13-4-3-12-35(33)36)53(93)79-37(14-5-7-19-59)48(88)77-40(17-10-22-69-57(63)64)50(90)78-39(16-9-21-68-56(61)62)49(89)76-38(15-6-8-20-60)51(91)80-41(55(95)96)18-11-23-70-58(65)66/h3-4,12-13,27-28,30-31,37-44,72H,5-11,14-26,29,59-60H2,1-2H3,(H,67,73)(H,71,83)(H,74,92)(H,75,84)(H,76,89)(H,77,88)(H,78,90)(H,79,93)(H,80,91)(H,81,87)(H,82,94)(H,85,86)(H,95,96)(H4,61,62,68)(H4,63,64,69)(H4,65,66,70)/t31-,37-,38-,39-,40-,41-,42-,43-,44-/m0/s1. The Balaban J connectivity index is 2.05. The summed E-state index contributed by atoms with van der Waals surface area (Å²) in [4.78, 5) is 173. The molecule has 0 radical (unpaired) electrons. The zero-order valence-corrected chi connectivity index (χ0v) is 53.7. The van der Waals surface area contributed by atoms with Crippen LogP contribution in [-0.4, -0.2) is 208 Å². The fraction of sp³-hybridized carbons (Fsp3) is 0.552. The van der Waals surface area contributed by atoms with Crippen molar-refractivity contribution in [3.05, 3.63) is 54.2 Å². The number of benzene rings is 1. The quantitative estimate of drug-likeness (QED) is 0.0142. The third-order valence-corrected chi connectivity index (χ3v) is 14.6. The number of nitrogens with zero attached hydrogens (tertiary/aromatic N) is 1. The molecule has 1 aromatic carbocycles. The summed E-state index contributed by atoms with van der Waals surface area (Å²) in [6.45, 7) is 2.34. The highest BCUT2D eigenvalue weighted by Gasteiger charge is 2.36. The minimum Gasteiger partial charge on any atom is -0.481 e. The maximum absolute atomic E-state index is 15.0. The van der Waals surface area contributed by atoms with Crippen LogP contribution < -0.4 is 97.8 Å². The fourth-order valence-corrected chi connectivity index (χ4v) is 9.60. The lowest BCUT2D eigenvalue weighted by atomic mass is 10.0. The second-order valence-electron chi connectivity index (χ2n) is 22.5. The predicted molar refractivity (Wildman–Crippen MR) is 349 cm³/mol. The van der Waals surface area contributed by atoms with Gasteiger partial charge in [-0.05, 0) is 109 Å². The third kappa shape index (κ3) is 30.4. The number of hydrogen-bond donors (Lipinski definition) is 25. The Kier molecular flexibility index (Phi) is 35.3. The Morgan fingerprint density at radius 2 is 0.917 bits per heavy atom. The maximum atomic E-state index is 15.0. The van der Waals surface area contributed by atoms with Gasteiger partial charge in [-0.3, -0.25) is 69.0 Å². The van der Waals surface area contributed by atoms with E-state index in [1.54, 1.807) is 30.5 Å². The summed E-state index contributed by atoms with van der Waals surface area (Å²) < 4.78 is 0. The van der Waals surface area contributed by atoms with Crippen LogP contribution in [-0.2, 0) is 70.4 Å². The molecule has 0 fully saturated rings. The number of H-pyrrole nitrogens is 2. The van der Waals surface area contributed by atoms with Crippen molar-refractivity contribution in [3.63, 3.8) is 0 Å². The molecule has 0 bridgehead atoms. The van der Waals surface area contributed by atoms with Gasteiger partial charge >= 0.3 is 11.9 Å². The molecule has 38 nitrogen and oxygen atoms in total. The Morgan fingerprint density at radius 1 is 0.500 bits per heavy atom. The van der Waals surface area contributed by atoms with Crippen LogP contribution >= 0.6 is 0 Å². The van der Waals surface area contributed by atoms with E-state index in [-0.39, 0.29) is 115 Å². The topological polar surface area (TPSA) is 648 Å². The molecule has 0 aliphatic heterocycles. The summed E-state index contributed by atoms with van der Waals surface area (Å²) in [5.41, 5.74) is 29.4. The van der Waals surface area contributed by atoms with Crippen molar-refractivity contribution >= 4 is 99.8 Å². The van der Waals surface area contributed by atoms with Gasteiger partial charge in [0.2, 0.25) is 59.1 Å². The van der Waals surface area contributed by atoms with E-state index < -0.39 is 150 Å². The Hall–Kier alpha value is -10.7. The van der Waals surface area contributed by atoms with Gasteiger partial charge in [-0.1, -0.05) is 18.2 Å². The van der Waals surface area contributed by atoms with Crippen molar-refractivity contribution < 1.29 is 67.7 Å². The van der Waals surface area contributed by atoms with Crippen LogP contribution in [0.3, 0.4) is 0 Å². The molecule has 38 heteroatoms. The molecule has 3 aromatic rings. The van der Waals surface area contributed by atoms with Gasteiger partial charge in [0.15, 0.2) is 17.9 Å². The molecule has 0 saturated carbocycles. The number of carboxylic acid groups (broad SMARTS) is 2. The number of para-hydroxylation sites is 1. The summed E-state index contributed by atoms with van der Waals surface area (Å²) in [5, 5.41) is 75.8. The van der Waals surface area contributed by atoms with E-state index in [2.05, 4.69) is 84.1 Å². The van der Waals surface area contributed by atoms with E-state index in [1.165, 1.54) is 19.4 Å². The number of carbonyl (C=O) groups excluding carboxylic acids is 10. The second kappa shape index (κ2) is 42.5. The molecule has 0 spiro atoms. The molecule has 2 heterocycles. The number of rotatable bonds is 46. The summed E-state index contributed by atoms with van der Waals surface area (Å²) in [6, 6.07) is -6.46. The molecule has 3 rings (SSSR count). The molecule has 9 atom stereocenters. The number of unbranched alkanes of at least 4 members (excludes halogenated alkanes) is 2. The highest BCUT2D eigenvalue weighted by molar-refractivity contribution is 5.99. The molecule has 10 amide bonds. The molecule has 96 heavy (non-hydrogen) atoms. The molecule has 0 saturated heterocycles. The minimum absolute atomic E-state index is 0.0124. The normalized spacial score (nSPS) is 13.7. The highest BCUT2D eigenvalue weighted by atomic mass is 16.4. The average molecular weight is 1350 g/mol. The first-order valence-corrected chi connectivity index (χ1v) is 31.2. The van der Waals surface area contributed by atoms with Crippen LogP contribution in [0.2, 0.25) is 0 Å². The number of carboxylic acids is 2. The van der Waals surface area contributed by atoms with Gasteiger partial charge in [0.25, 0.3) is 0 Å². The van der Waals surface area contributed by atoms with Gasteiger partial charge in [0, 0.05) is 62.7 Å². The van der Waals surface area contributed by atoms with Crippen LogP contribution in [0.1, 0.15) is 109 Å². The molecular weight excluding hydrogens is 1260 g/mol. The molecule has 0 aliphatic carbocycles. The van der Waals surface area contributed by atoms with Crippen LogP contribution in [0.5, 0.6) is 0 Å². The van der Waals surface area contributed by atoms with Crippen LogP contribution in [0.15, 0.2) is 43.0 Å². The number of guanidine groups is 3. The molecule has 0 unspecified atom stereocenters. The Morgan fingerprint density at radius 3 is 1.35 bits per heavy atom. The largest absolute Gasteiger partial charge is 0.481 e. The summed E-state index contributed by atoms with van der Waals surface area (Å²) >= 11 is 0. The molecule has 0 aliphatic rings. The molecule has 30 N–H and O–H groups in total. The minimum atomic E-state index is -1.71. The number of aromatic amines is 2. The van der Waals surface area contributed by atoms with Crippen molar-refractivity contribution in [2.24, 2.45) is 28.7 Å². The van der Waals surface area contributed by atoms with Crippen LogP contribution in [0.25, 0.3) is 10.9 Å². The summed E-state index contributed by atoms with van der Waals surface area (Å²) in [7, 11) is 0. The number of carbonyl (C=O) groups is 12. The third-order valence-electron chi connectivity index (χ3n) is 14.6. The highest BCUT2D eigenvalue weighted by Crippen LogP contribution is 2.20. The second-order valence-corrected chi connectivity index (χ2v) is 22.5. The number of nitrogens with one attached hydrogen (secondary N) is 18. The van der Waals surface area contributed by atoms with Gasteiger partial charge < -0.3 is 118 Å². The number of hydrogen-bond acceptors (Lipinski definition) is 18. The Bertz CT molecular complexity index is 3130. The van der Waals surface area contributed by atoms with Gasteiger partial charge in [-0.2, -0.15) is 0 Å². The van der Waals surface area contributed by atoms with Crippen molar-refractivity contribution in [3.8, 4) is 0 Å². The van der Waals surface area contributed by atoms with Crippen molar-refractivity contribution in [1.29, 1.82) is 16.2 Å². The lowest BCUT2D eigenvalue weighted by Gasteiger charge is -2.28. The van der Waals surface area contributed by atoms with Crippen molar-refractivity contribution in [2.75, 3.05) is 39.3 Å². The number of nitrogens with two attached hydrogens (primary N) is 5. The smallest absolute Gasteiger partial charge is 0.326 e. The van der Waals surface area contributed by atoms with Crippen molar-refractivity contribution in [1.82, 2.24) is 84.1 Å². The van der Waals surface area contributed by atoms with Crippen molar-refractivity contribution in [2.45, 2.75) is 165 Å². The van der Waals surface area contributed by atoms with Gasteiger partial charge in [-0.15, -0.1) is 0 Å². The number of aliphatic carboxylic acids is 2. The summed E-state index contributed by atoms with van der Waals surface area (Å²) in [5.74, 6) is -13.1. The first-order valence-electron chi connectivity index (χ1n) is 31.2. The zero-order valence-electron chi connectivity index (χ0n) is 53.7. The van der Waals surface area contributed by atoms with E-state index in [0.29, 0.717) is 35.7 Å². The Labute approximate surface area is 552 Å². The van der Waals surface area contributed by atoms with E-state index in [1.807, 2.05) is 0 Å². The SMILES string of the molecule is CC(=O)NCC(=O)N[C@@H](CC(=O)O)C(=O)N[C@@H](C)C(=O)N[C@@H](Cc1c[nH]cn1)C(=O)N[C@@H](Cc1c[nH]c2ccccc12)C(=O)N[C@@H](CCCCN)C(=O)N[C@@H](CCCNC(=N)N)C(=O)N[C@@H](CCCNC(=N)N)C(=O)N[C@@H](CCCCN)C(=O)N[C@@H](CCCNC(=N)N)C(=O)O. The predicted octanol–water partition coefficient (Wildman–Crippen LogP) is -6.20. The lowest BCUT2D eigenvalue weighted by Crippen LogP contribution is -2.61. The average Bonchev–Trinajstić information content (AvgIpc) is 1.86. The van der Waals surface area contributed by atoms with E-state index >= 15 is 0 Å². The van der Waals surface area contributed by atoms with Crippen LogP contribution in [0, 0.1) is 16.2 Å². The van der Waals surface area contributed by atoms with Gasteiger partial charge in [-0.25, -0.2) is 9.78 Å². The number of aromatic nitrogens is 3. The zero-order chi connectivity index (χ0) is 71.3. The fourth-order valence-electron chi connectivity index (χ4n) is 9.60. The number of amides is 10. The molecule has 530 valence electrons. The molecule has 2 aromatic heterocycles. The first-order chi connectivity index (χ1) is 45.6. The first kappa shape index (κ1) is 79.6. The van der Waals surface area contributed by atoms with E-state index in [9.17, 15) is 67.7 Å². The molecular formula is C58H94N24O14. The number of imidazole rings is 1. The summed E-state index contributed by atoms with van der Waals surface area (Å²) in [6.07, 6.45) is 4.04. The lowest BCUT2D eigenvalue weighted by molar-refractivity contribution is -0.142.